The Kier molecular flexibility index (Phi) is 5.17. The summed E-state index contributed by atoms with van der Waals surface area (Å²) in [6.07, 6.45) is 1.09. The molecule has 1 fully saturated rings. The highest BCUT2D eigenvalue weighted by atomic mass is 79.9. The van der Waals surface area contributed by atoms with Gasteiger partial charge >= 0.3 is 0 Å². The molecule has 1 saturated heterocycles. The van der Waals surface area contributed by atoms with Gasteiger partial charge in [0.05, 0.1) is 5.56 Å². The number of halogens is 3. The van der Waals surface area contributed by atoms with Gasteiger partial charge in [-0.05, 0) is 53.0 Å². The van der Waals surface area contributed by atoms with Crippen molar-refractivity contribution in [2.45, 2.75) is 18.9 Å². The first-order valence-electron chi connectivity index (χ1n) is 7.74. The molecule has 2 amide bonds. The normalized spacial score (nSPS) is 15.2. The number of likely N-dealkylation sites (tertiary alicyclic amines) is 1. The minimum Gasteiger partial charge on any atom is -0.444 e. The van der Waals surface area contributed by atoms with E-state index < -0.39 is 17.5 Å². The third-order valence-corrected chi connectivity index (χ3v) is 4.50. The van der Waals surface area contributed by atoms with Crippen LogP contribution in [0.1, 0.15) is 33.8 Å². The molecule has 2 heterocycles. The molecule has 132 valence electrons. The monoisotopic (exact) mass is 412 g/mol. The van der Waals surface area contributed by atoms with Crippen LogP contribution in [0, 0.1) is 11.6 Å². The fourth-order valence-corrected chi connectivity index (χ4v) is 3.06. The molecule has 0 atom stereocenters. The lowest BCUT2D eigenvalue weighted by Gasteiger charge is -2.31. The molecule has 2 aromatic rings. The van der Waals surface area contributed by atoms with Gasteiger partial charge in [-0.3, -0.25) is 9.59 Å². The fraction of sp³-hybridized carbons (Fsp3) is 0.294. The molecule has 1 aliphatic rings. The Balaban J connectivity index is 1.55. The van der Waals surface area contributed by atoms with Crippen molar-refractivity contribution in [1.29, 1.82) is 0 Å². The van der Waals surface area contributed by atoms with Crippen LogP contribution in [-0.2, 0) is 0 Å². The van der Waals surface area contributed by atoms with Gasteiger partial charge < -0.3 is 14.6 Å². The highest BCUT2D eigenvalue weighted by Crippen LogP contribution is 2.19. The maximum absolute atomic E-state index is 13.6. The summed E-state index contributed by atoms with van der Waals surface area (Å²) in [5.41, 5.74) is -0.194. The van der Waals surface area contributed by atoms with Crippen molar-refractivity contribution >= 4 is 27.7 Å². The summed E-state index contributed by atoms with van der Waals surface area (Å²) in [7, 11) is 0. The van der Waals surface area contributed by atoms with Gasteiger partial charge in [-0.25, -0.2) is 8.78 Å². The van der Waals surface area contributed by atoms with E-state index in [1.165, 1.54) is 0 Å². The van der Waals surface area contributed by atoms with Crippen LogP contribution < -0.4 is 5.32 Å². The average Bonchev–Trinajstić information content (AvgIpc) is 3.01. The van der Waals surface area contributed by atoms with Gasteiger partial charge in [0.15, 0.2) is 10.4 Å². The molecular formula is C17H15BrF2N2O3. The van der Waals surface area contributed by atoms with Crippen molar-refractivity contribution in [3.8, 4) is 0 Å². The topological polar surface area (TPSA) is 62.6 Å². The molecule has 5 nitrogen and oxygen atoms in total. The summed E-state index contributed by atoms with van der Waals surface area (Å²) in [6.45, 7) is 0.905. The molecule has 0 spiro atoms. The molecule has 1 aliphatic heterocycles. The third kappa shape index (κ3) is 4.07. The Hall–Kier alpha value is -2.22. The first-order valence-corrected chi connectivity index (χ1v) is 8.54. The predicted molar refractivity (Wildman–Crippen MR) is 89.2 cm³/mol. The minimum absolute atomic E-state index is 0.177. The van der Waals surface area contributed by atoms with Gasteiger partial charge in [0.1, 0.15) is 11.6 Å². The average molecular weight is 413 g/mol. The quantitative estimate of drug-likeness (QED) is 0.840. The van der Waals surface area contributed by atoms with E-state index in [4.69, 9.17) is 4.42 Å². The van der Waals surface area contributed by atoms with E-state index in [0.717, 1.165) is 12.1 Å². The number of hydrogen-bond acceptors (Lipinski definition) is 3. The lowest BCUT2D eigenvalue weighted by molar-refractivity contribution is 0.0666. The van der Waals surface area contributed by atoms with E-state index in [0.29, 0.717) is 36.7 Å². The van der Waals surface area contributed by atoms with Crippen molar-refractivity contribution in [2.75, 3.05) is 13.1 Å². The van der Waals surface area contributed by atoms with E-state index >= 15 is 0 Å². The standard InChI is InChI=1S/C17H15BrF2N2O3/c18-15-4-3-14(25-15)17(24)22-7-5-11(6-8-22)21-16(23)12-2-1-10(19)9-13(12)20/h1-4,9,11H,5-8H2,(H,21,23). The van der Waals surface area contributed by atoms with Crippen LogP contribution in [0.5, 0.6) is 0 Å². The van der Waals surface area contributed by atoms with E-state index in [2.05, 4.69) is 21.2 Å². The van der Waals surface area contributed by atoms with E-state index in [1.54, 1.807) is 17.0 Å². The largest absolute Gasteiger partial charge is 0.444 e. The first kappa shape index (κ1) is 17.6. The second kappa shape index (κ2) is 7.35. The smallest absolute Gasteiger partial charge is 0.289 e. The van der Waals surface area contributed by atoms with E-state index in [1.807, 2.05) is 0 Å². The summed E-state index contributed by atoms with van der Waals surface area (Å²) < 4.78 is 32.3. The first-order chi connectivity index (χ1) is 11.9. The molecule has 0 radical (unpaired) electrons. The van der Waals surface area contributed by atoms with Gasteiger partial charge in [0.2, 0.25) is 0 Å². The van der Waals surface area contributed by atoms with Crippen LogP contribution in [0.25, 0.3) is 0 Å². The maximum Gasteiger partial charge on any atom is 0.289 e. The number of rotatable bonds is 3. The number of amides is 2. The van der Waals surface area contributed by atoms with Gasteiger partial charge in [0.25, 0.3) is 11.8 Å². The number of hydrogen-bond donors (Lipinski definition) is 1. The molecule has 3 rings (SSSR count). The molecule has 1 aromatic carbocycles. The van der Waals surface area contributed by atoms with E-state index in [-0.39, 0.29) is 23.3 Å². The lowest BCUT2D eigenvalue weighted by atomic mass is 10.0. The summed E-state index contributed by atoms with van der Waals surface area (Å²) in [5.74, 6) is -2.17. The van der Waals surface area contributed by atoms with Gasteiger partial charge in [-0.1, -0.05) is 0 Å². The summed E-state index contributed by atoms with van der Waals surface area (Å²) in [6, 6.07) is 5.91. The number of piperidine rings is 1. The second-order valence-corrected chi connectivity index (χ2v) is 6.55. The fourth-order valence-electron chi connectivity index (χ4n) is 2.75. The SMILES string of the molecule is O=C(NC1CCN(C(=O)c2ccc(Br)o2)CC1)c1ccc(F)cc1F. The zero-order valence-corrected chi connectivity index (χ0v) is 14.7. The lowest BCUT2D eigenvalue weighted by Crippen LogP contribution is -2.46. The summed E-state index contributed by atoms with van der Waals surface area (Å²) in [5, 5.41) is 2.73. The summed E-state index contributed by atoms with van der Waals surface area (Å²) in [4.78, 5) is 26.0. The highest BCUT2D eigenvalue weighted by Gasteiger charge is 2.27. The van der Waals surface area contributed by atoms with Crippen molar-refractivity contribution in [3.63, 3.8) is 0 Å². The van der Waals surface area contributed by atoms with Crippen molar-refractivity contribution in [1.82, 2.24) is 10.2 Å². The van der Waals surface area contributed by atoms with Crippen LogP contribution in [0.3, 0.4) is 0 Å². The zero-order chi connectivity index (χ0) is 18.0. The molecule has 1 N–H and O–H groups in total. The molecule has 0 aliphatic carbocycles. The summed E-state index contributed by atoms with van der Waals surface area (Å²) >= 11 is 3.15. The Morgan fingerprint density at radius 1 is 1.16 bits per heavy atom. The number of furan rings is 1. The molecule has 1 aromatic heterocycles. The molecular weight excluding hydrogens is 398 g/mol. The predicted octanol–water partition coefficient (Wildman–Crippen LogP) is 3.35. The zero-order valence-electron chi connectivity index (χ0n) is 13.1. The van der Waals surface area contributed by atoms with Gasteiger partial charge in [0, 0.05) is 25.2 Å². The van der Waals surface area contributed by atoms with Crippen molar-refractivity contribution in [3.05, 3.63) is 58.0 Å². The Morgan fingerprint density at radius 2 is 1.88 bits per heavy atom. The van der Waals surface area contributed by atoms with Crippen molar-refractivity contribution in [2.24, 2.45) is 0 Å². The number of nitrogens with zero attached hydrogens (tertiary/aromatic N) is 1. The number of nitrogens with one attached hydrogen (secondary N) is 1. The van der Waals surface area contributed by atoms with Crippen LogP contribution >= 0.6 is 15.9 Å². The van der Waals surface area contributed by atoms with E-state index in [9.17, 15) is 18.4 Å². The number of carbonyl (C=O) groups excluding carboxylic acids is 2. The molecule has 8 heteroatoms. The Bertz CT molecular complexity index is 801. The maximum atomic E-state index is 13.6. The van der Waals surface area contributed by atoms with Gasteiger partial charge in [-0.2, -0.15) is 0 Å². The molecule has 0 unspecified atom stereocenters. The minimum atomic E-state index is -0.895. The molecule has 0 bridgehead atoms. The van der Waals surface area contributed by atoms with Crippen molar-refractivity contribution < 1.29 is 22.8 Å². The van der Waals surface area contributed by atoms with Crippen LogP contribution in [0.15, 0.2) is 39.4 Å². The molecule has 25 heavy (non-hydrogen) atoms. The van der Waals surface area contributed by atoms with Crippen LogP contribution in [0.2, 0.25) is 0 Å². The second-order valence-electron chi connectivity index (χ2n) is 5.77. The third-order valence-electron chi connectivity index (χ3n) is 4.08. The number of carbonyl (C=O) groups is 2. The van der Waals surface area contributed by atoms with Crippen LogP contribution in [0.4, 0.5) is 8.78 Å². The highest BCUT2D eigenvalue weighted by molar-refractivity contribution is 9.10. The Labute approximate surface area is 151 Å². The van der Waals surface area contributed by atoms with Gasteiger partial charge in [-0.15, -0.1) is 0 Å². The Morgan fingerprint density at radius 3 is 2.48 bits per heavy atom. The van der Waals surface area contributed by atoms with Crippen LogP contribution in [-0.4, -0.2) is 35.8 Å². The number of benzene rings is 1. The molecule has 0 saturated carbocycles.